The van der Waals surface area contributed by atoms with Crippen LogP contribution in [0.25, 0.3) is 0 Å². The second-order valence-electron chi connectivity index (χ2n) is 9.88. The minimum Gasteiger partial charge on any atom is -0.494 e. The Hall–Kier alpha value is -4.07. The molecule has 0 aliphatic carbocycles. The number of aryl methyl sites for hydroxylation is 1. The minimum atomic E-state index is -3.53. The van der Waals surface area contributed by atoms with Gasteiger partial charge in [0.2, 0.25) is 21.9 Å². The van der Waals surface area contributed by atoms with Crippen molar-refractivity contribution < 1.29 is 17.9 Å². The molecule has 42 heavy (non-hydrogen) atoms. The van der Waals surface area contributed by atoms with Crippen molar-refractivity contribution in [1.29, 1.82) is 0 Å². The average Bonchev–Trinajstić information content (AvgIpc) is 2.93. The highest BCUT2D eigenvalue weighted by Crippen LogP contribution is 2.38. The number of anilines is 7. The number of likely N-dealkylation sites (N-methyl/N-ethyl adjacent to an activating group) is 2. The number of carbonyl (C=O) groups excluding carboxylic acids is 1. The zero-order valence-corrected chi connectivity index (χ0v) is 26.4. The van der Waals surface area contributed by atoms with Crippen LogP contribution in [0.15, 0.2) is 49.2 Å². The first kappa shape index (κ1) is 32.4. The first-order valence-corrected chi connectivity index (χ1v) is 15.1. The van der Waals surface area contributed by atoms with E-state index in [-0.39, 0.29) is 22.7 Å². The molecule has 0 saturated heterocycles. The molecule has 12 nitrogen and oxygen atoms in total. The third kappa shape index (κ3) is 8.24. The molecule has 1 amide bonds. The van der Waals surface area contributed by atoms with Crippen LogP contribution < -0.4 is 29.9 Å². The summed E-state index contributed by atoms with van der Waals surface area (Å²) in [7, 11) is 5.39. The zero-order valence-electron chi connectivity index (χ0n) is 24.8. The smallest absolute Gasteiger partial charge is 0.247 e. The van der Waals surface area contributed by atoms with Gasteiger partial charge in [-0.05, 0) is 50.9 Å². The van der Waals surface area contributed by atoms with E-state index in [1.807, 2.05) is 45.1 Å². The molecule has 14 heteroatoms. The summed E-state index contributed by atoms with van der Waals surface area (Å²) in [6, 6.07) is 8.88. The van der Waals surface area contributed by atoms with E-state index in [0.717, 1.165) is 24.1 Å². The molecule has 3 aromatic rings. The number of rotatable bonds is 13. The maximum atomic E-state index is 12.3. The number of methoxy groups -OCH3 is 1. The summed E-state index contributed by atoms with van der Waals surface area (Å²) < 4.78 is 31.4. The second-order valence-corrected chi connectivity index (χ2v) is 12.3. The Labute approximate surface area is 252 Å². The molecule has 2 aromatic carbocycles. The van der Waals surface area contributed by atoms with Gasteiger partial charge in [-0.1, -0.05) is 24.2 Å². The van der Waals surface area contributed by atoms with Crippen LogP contribution in [-0.2, 0) is 14.8 Å². The van der Waals surface area contributed by atoms with Crippen LogP contribution in [0.1, 0.15) is 5.56 Å². The fraction of sp³-hybridized carbons (Fsp3) is 0.321. The molecule has 0 bridgehead atoms. The molecular weight excluding hydrogens is 580 g/mol. The third-order valence-electron chi connectivity index (χ3n) is 6.29. The lowest BCUT2D eigenvalue weighted by Gasteiger charge is -2.26. The van der Waals surface area contributed by atoms with E-state index in [0.29, 0.717) is 35.0 Å². The van der Waals surface area contributed by atoms with Crippen molar-refractivity contribution in [1.82, 2.24) is 14.9 Å². The van der Waals surface area contributed by atoms with Gasteiger partial charge in [-0.3, -0.25) is 9.10 Å². The van der Waals surface area contributed by atoms with Crippen molar-refractivity contribution in [2.24, 2.45) is 0 Å². The number of carbonyl (C=O) groups is 1. The highest BCUT2D eigenvalue weighted by molar-refractivity contribution is 7.92. The SMILES string of the molecule is C=CC(=O)Nc1cc(Nc2ncc(Cl)c(Nc3ccc(C)cc3N(C)S(C)(=O)=O)n2)c(OC)cc1N(C)CCN(C)C. The number of amides is 1. The Morgan fingerprint density at radius 2 is 1.76 bits per heavy atom. The fourth-order valence-corrected chi connectivity index (χ4v) is 4.50. The summed E-state index contributed by atoms with van der Waals surface area (Å²) in [6.45, 7) is 6.92. The molecule has 226 valence electrons. The van der Waals surface area contributed by atoms with Gasteiger partial charge < -0.3 is 30.5 Å². The van der Waals surface area contributed by atoms with Crippen molar-refractivity contribution in [3.05, 3.63) is 59.8 Å². The van der Waals surface area contributed by atoms with Gasteiger partial charge >= 0.3 is 0 Å². The number of aromatic nitrogens is 2. The molecule has 0 radical (unpaired) electrons. The number of hydrogen-bond acceptors (Lipinski definition) is 10. The first-order valence-electron chi connectivity index (χ1n) is 12.9. The Morgan fingerprint density at radius 3 is 2.38 bits per heavy atom. The molecule has 3 rings (SSSR count). The summed E-state index contributed by atoms with van der Waals surface area (Å²) >= 11 is 6.43. The Morgan fingerprint density at radius 1 is 1.05 bits per heavy atom. The summed E-state index contributed by atoms with van der Waals surface area (Å²) in [5.41, 5.74) is 3.56. The zero-order chi connectivity index (χ0) is 31.2. The number of hydrogen-bond donors (Lipinski definition) is 3. The van der Waals surface area contributed by atoms with Crippen LogP contribution in [0.4, 0.5) is 40.2 Å². The molecule has 3 N–H and O–H groups in total. The number of ether oxygens (including phenoxy) is 1. The normalized spacial score (nSPS) is 11.2. The highest BCUT2D eigenvalue weighted by Gasteiger charge is 2.19. The molecule has 0 fully saturated rings. The van der Waals surface area contributed by atoms with E-state index >= 15 is 0 Å². The van der Waals surface area contributed by atoms with Crippen LogP contribution in [0.3, 0.4) is 0 Å². The van der Waals surface area contributed by atoms with E-state index in [4.69, 9.17) is 16.3 Å². The maximum Gasteiger partial charge on any atom is 0.247 e. The molecule has 0 aliphatic rings. The number of nitrogens with zero attached hydrogens (tertiary/aromatic N) is 5. The average molecular weight is 617 g/mol. The lowest BCUT2D eigenvalue weighted by Crippen LogP contribution is -2.29. The van der Waals surface area contributed by atoms with Gasteiger partial charge in [0.05, 0.1) is 48.0 Å². The molecule has 0 saturated carbocycles. The first-order chi connectivity index (χ1) is 19.7. The van der Waals surface area contributed by atoms with Gasteiger partial charge in [0.1, 0.15) is 10.8 Å². The quantitative estimate of drug-likeness (QED) is 0.237. The van der Waals surface area contributed by atoms with E-state index in [1.165, 1.54) is 23.6 Å². The molecular formula is C28H37ClN8O4S. The van der Waals surface area contributed by atoms with Gasteiger partial charge in [-0.15, -0.1) is 0 Å². The van der Waals surface area contributed by atoms with Crippen LogP contribution in [0.2, 0.25) is 5.02 Å². The number of nitrogens with one attached hydrogen (secondary N) is 3. The van der Waals surface area contributed by atoms with E-state index in [1.54, 1.807) is 25.3 Å². The molecule has 1 heterocycles. The lowest BCUT2D eigenvalue weighted by molar-refractivity contribution is -0.111. The summed E-state index contributed by atoms with van der Waals surface area (Å²) in [5, 5.41) is 9.35. The third-order valence-corrected chi connectivity index (χ3v) is 7.76. The van der Waals surface area contributed by atoms with Gasteiger partial charge in [-0.25, -0.2) is 13.4 Å². The molecule has 0 atom stereocenters. The van der Waals surface area contributed by atoms with E-state index in [9.17, 15) is 13.2 Å². The van der Waals surface area contributed by atoms with Gasteiger partial charge in [-0.2, -0.15) is 4.98 Å². The van der Waals surface area contributed by atoms with Gasteiger partial charge in [0, 0.05) is 33.3 Å². The van der Waals surface area contributed by atoms with Crippen molar-refractivity contribution in [2.75, 3.05) is 79.8 Å². The van der Waals surface area contributed by atoms with Crippen molar-refractivity contribution in [2.45, 2.75) is 6.92 Å². The monoisotopic (exact) mass is 616 g/mol. The number of benzene rings is 2. The summed E-state index contributed by atoms with van der Waals surface area (Å²) in [4.78, 5) is 25.2. The van der Waals surface area contributed by atoms with Crippen LogP contribution in [-0.4, -0.2) is 83.8 Å². The molecule has 0 unspecified atom stereocenters. The van der Waals surface area contributed by atoms with Crippen LogP contribution >= 0.6 is 11.6 Å². The standard InChI is InChI=1S/C28H37ClN8O4S/c1-9-26(38)31-21-15-22(25(41-7)16-23(21)36(5)13-12-35(3)4)33-28-30-17-19(29)27(34-28)32-20-11-10-18(2)14-24(20)37(6)42(8,39)40/h9-11,14-17H,1,12-13H2,2-8H3,(H,31,38)(H2,30,32,33,34). The number of halogens is 1. The van der Waals surface area contributed by atoms with Gasteiger partial charge in [0.15, 0.2) is 5.82 Å². The highest BCUT2D eigenvalue weighted by atomic mass is 35.5. The number of sulfonamides is 1. The lowest BCUT2D eigenvalue weighted by atomic mass is 10.2. The molecule has 0 aliphatic heterocycles. The topological polar surface area (TPSA) is 132 Å². The predicted molar refractivity (Wildman–Crippen MR) is 172 cm³/mol. The van der Waals surface area contributed by atoms with Crippen molar-refractivity contribution in [3.63, 3.8) is 0 Å². The van der Waals surface area contributed by atoms with Crippen LogP contribution in [0, 0.1) is 6.92 Å². The predicted octanol–water partition coefficient (Wildman–Crippen LogP) is 4.45. The van der Waals surface area contributed by atoms with E-state index < -0.39 is 10.0 Å². The second kappa shape index (κ2) is 13.7. The molecule has 1 aromatic heterocycles. The summed E-state index contributed by atoms with van der Waals surface area (Å²) in [6.07, 6.45) is 3.74. The van der Waals surface area contributed by atoms with Crippen LogP contribution in [0.5, 0.6) is 5.75 Å². The maximum absolute atomic E-state index is 12.3. The van der Waals surface area contributed by atoms with Crippen molar-refractivity contribution in [3.8, 4) is 5.75 Å². The van der Waals surface area contributed by atoms with Gasteiger partial charge in [0.25, 0.3) is 0 Å². The Balaban J connectivity index is 2.01. The van der Waals surface area contributed by atoms with E-state index in [2.05, 4.69) is 37.4 Å². The van der Waals surface area contributed by atoms with Crippen molar-refractivity contribution >= 4 is 67.7 Å². The summed E-state index contributed by atoms with van der Waals surface area (Å²) in [5.74, 6) is 0.554. The minimum absolute atomic E-state index is 0.181. The largest absolute Gasteiger partial charge is 0.494 e. The molecule has 0 spiro atoms. The Bertz CT molecular complexity index is 1570. The Kier molecular flexibility index (Phi) is 10.6. The fourth-order valence-electron chi connectivity index (χ4n) is 3.86.